The first-order valence-corrected chi connectivity index (χ1v) is 10.1. The zero-order valence-electron chi connectivity index (χ0n) is 17.1. The van der Waals surface area contributed by atoms with Gasteiger partial charge in [-0.2, -0.15) is 5.26 Å². The van der Waals surface area contributed by atoms with Crippen LogP contribution in [0, 0.1) is 17.2 Å². The number of hydrogen-bond donors (Lipinski definition) is 1. The van der Waals surface area contributed by atoms with Gasteiger partial charge in [0.05, 0.1) is 0 Å². The number of aromatic nitrogens is 1. The third-order valence-corrected chi connectivity index (χ3v) is 5.05. The topological polar surface area (TPSA) is 57.8 Å². The molecule has 0 fully saturated rings. The van der Waals surface area contributed by atoms with Crippen molar-refractivity contribution in [3.63, 3.8) is 0 Å². The standard InChI is InChI=1S/C26H23N3O/c1-18(2)17-29-24(16-27)25(19-9-5-3-6-10-19)23-15-21(13-14-22(23)26(29)30)28-20-11-7-4-8-12-20/h3-15,18,28H,17H2,1-2H3. The molecule has 0 saturated heterocycles. The highest BCUT2D eigenvalue weighted by Crippen LogP contribution is 2.33. The molecule has 30 heavy (non-hydrogen) atoms. The van der Waals surface area contributed by atoms with Crippen molar-refractivity contribution in [2.24, 2.45) is 5.92 Å². The number of benzene rings is 3. The fourth-order valence-electron chi connectivity index (χ4n) is 3.77. The Labute approximate surface area is 176 Å². The van der Waals surface area contributed by atoms with E-state index >= 15 is 0 Å². The lowest BCUT2D eigenvalue weighted by Crippen LogP contribution is -2.26. The van der Waals surface area contributed by atoms with E-state index in [1.807, 2.05) is 92.7 Å². The first kappa shape index (κ1) is 19.5. The van der Waals surface area contributed by atoms with Crippen molar-refractivity contribution in [3.8, 4) is 17.2 Å². The second kappa shape index (κ2) is 8.26. The molecule has 3 aromatic carbocycles. The lowest BCUT2D eigenvalue weighted by molar-refractivity contribution is 0.510. The van der Waals surface area contributed by atoms with Crippen molar-refractivity contribution in [2.75, 3.05) is 5.32 Å². The van der Waals surface area contributed by atoms with Gasteiger partial charge in [-0.15, -0.1) is 0 Å². The predicted molar refractivity (Wildman–Crippen MR) is 123 cm³/mol. The van der Waals surface area contributed by atoms with E-state index in [9.17, 15) is 10.1 Å². The summed E-state index contributed by atoms with van der Waals surface area (Å²) >= 11 is 0. The quantitative estimate of drug-likeness (QED) is 0.456. The van der Waals surface area contributed by atoms with Crippen LogP contribution in [0.4, 0.5) is 11.4 Å². The Balaban J connectivity index is 2.01. The third kappa shape index (κ3) is 3.70. The first-order valence-electron chi connectivity index (χ1n) is 10.1. The van der Waals surface area contributed by atoms with Gasteiger partial charge in [0.1, 0.15) is 11.8 Å². The van der Waals surface area contributed by atoms with Gasteiger partial charge in [-0.25, -0.2) is 0 Å². The molecular formula is C26H23N3O. The van der Waals surface area contributed by atoms with Crippen molar-refractivity contribution in [1.82, 2.24) is 4.57 Å². The van der Waals surface area contributed by atoms with E-state index < -0.39 is 0 Å². The maximum absolute atomic E-state index is 13.3. The summed E-state index contributed by atoms with van der Waals surface area (Å²) in [5.41, 5.74) is 3.84. The van der Waals surface area contributed by atoms with Crippen LogP contribution in [0.15, 0.2) is 83.7 Å². The zero-order chi connectivity index (χ0) is 21.1. The van der Waals surface area contributed by atoms with Crippen molar-refractivity contribution >= 4 is 22.1 Å². The molecule has 1 aromatic heterocycles. The molecule has 0 aliphatic carbocycles. The second-order valence-corrected chi connectivity index (χ2v) is 7.76. The summed E-state index contributed by atoms with van der Waals surface area (Å²) in [5, 5.41) is 14.8. The fraction of sp³-hybridized carbons (Fsp3) is 0.154. The largest absolute Gasteiger partial charge is 0.356 e. The summed E-state index contributed by atoms with van der Waals surface area (Å²) in [5.74, 6) is 0.245. The fourth-order valence-corrected chi connectivity index (χ4v) is 3.77. The van der Waals surface area contributed by atoms with Crippen LogP contribution in [0.25, 0.3) is 21.9 Å². The number of nitriles is 1. The van der Waals surface area contributed by atoms with Crippen LogP contribution in [0.1, 0.15) is 19.5 Å². The van der Waals surface area contributed by atoms with Crippen molar-refractivity contribution < 1.29 is 0 Å². The molecule has 1 heterocycles. The molecule has 0 atom stereocenters. The highest BCUT2D eigenvalue weighted by molar-refractivity contribution is 6.00. The Bertz CT molecular complexity index is 1280. The Kier molecular flexibility index (Phi) is 5.36. The number of fused-ring (bicyclic) bond motifs is 1. The minimum absolute atomic E-state index is 0.124. The monoisotopic (exact) mass is 393 g/mol. The molecular weight excluding hydrogens is 370 g/mol. The molecule has 0 bridgehead atoms. The smallest absolute Gasteiger partial charge is 0.259 e. The molecule has 0 amide bonds. The van der Waals surface area contributed by atoms with E-state index in [0.717, 1.165) is 27.9 Å². The third-order valence-electron chi connectivity index (χ3n) is 5.05. The maximum atomic E-state index is 13.3. The van der Waals surface area contributed by atoms with Crippen LogP contribution in [-0.2, 0) is 6.54 Å². The van der Waals surface area contributed by atoms with Crippen molar-refractivity contribution in [2.45, 2.75) is 20.4 Å². The van der Waals surface area contributed by atoms with Crippen LogP contribution < -0.4 is 10.9 Å². The number of para-hydroxylation sites is 1. The van der Waals surface area contributed by atoms with E-state index in [0.29, 0.717) is 17.6 Å². The van der Waals surface area contributed by atoms with Gasteiger partial charge in [-0.1, -0.05) is 62.4 Å². The summed E-state index contributed by atoms with van der Waals surface area (Å²) in [6, 6.07) is 27.7. The molecule has 0 unspecified atom stereocenters. The van der Waals surface area contributed by atoms with E-state index in [-0.39, 0.29) is 11.5 Å². The van der Waals surface area contributed by atoms with E-state index in [2.05, 4.69) is 11.4 Å². The summed E-state index contributed by atoms with van der Waals surface area (Å²) in [6.07, 6.45) is 0. The Morgan fingerprint density at radius 1 is 0.900 bits per heavy atom. The van der Waals surface area contributed by atoms with Crippen LogP contribution >= 0.6 is 0 Å². The van der Waals surface area contributed by atoms with Crippen LogP contribution in [0.2, 0.25) is 0 Å². The minimum Gasteiger partial charge on any atom is -0.356 e. The molecule has 0 radical (unpaired) electrons. The molecule has 0 aliphatic heterocycles. The summed E-state index contributed by atoms with van der Waals surface area (Å²) in [7, 11) is 0. The highest BCUT2D eigenvalue weighted by Gasteiger charge is 2.19. The normalized spacial score (nSPS) is 10.9. The lowest BCUT2D eigenvalue weighted by atomic mass is 9.96. The molecule has 1 N–H and O–H groups in total. The number of nitrogens with one attached hydrogen (secondary N) is 1. The van der Waals surface area contributed by atoms with Crippen LogP contribution in [0.5, 0.6) is 0 Å². The molecule has 4 rings (SSSR count). The number of hydrogen-bond acceptors (Lipinski definition) is 3. The average Bonchev–Trinajstić information content (AvgIpc) is 2.76. The molecule has 4 heteroatoms. The van der Waals surface area contributed by atoms with Gasteiger partial charge in [0.15, 0.2) is 0 Å². The SMILES string of the molecule is CC(C)Cn1c(C#N)c(-c2ccccc2)c2cc(Nc3ccccc3)ccc2c1=O. The predicted octanol–water partition coefficient (Wildman–Crippen LogP) is 5.94. The van der Waals surface area contributed by atoms with Gasteiger partial charge in [0.25, 0.3) is 5.56 Å². The summed E-state index contributed by atoms with van der Waals surface area (Å²) in [6.45, 7) is 4.60. The van der Waals surface area contributed by atoms with Crippen molar-refractivity contribution in [3.05, 3.63) is 94.9 Å². The van der Waals surface area contributed by atoms with Crippen LogP contribution in [-0.4, -0.2) is 4.57 Å². The molecule has 0 saturated carbocycles. The van der Waals surface area contributed by atoms with Gasteiger partial charge < -0.3 is 5.32 Å². The number of rotatable bonds is 5. The molecule has 0 spiro atoms. The average molecular weight is 393 g/mol. The summed E-state index contributed by atoms with van der Waals surface area (Å²) < 4.78 is 1.62. The van der Waals surface area contributed by atoms with Gasteiger partial charge >= 0.3 is 0 Å². The van der Waals surface area contributed by atoms with Gasteiger partial charge in [0, 0.05) is 28.9 Å². The van der Waals surface area contributed by atoms with E-state index in [1.54, 1.807) is 4.57 Å². The van der Waals surface area contributed by atoms with Gasteiger partial charge in [0.2, 0.25) is 0 Å². The minimum atomic E-state index is -0.124. The lowest BCUT2D eigenvalue weighted by Gasteiger charge is -2.18. The summed E-state index contributed by atoms with van der Waals surface area (Å²) in [4.78, 5) is 13.3. The molecule has 4 nitrogen and oxygen atoms in total. The van der Waals surface area contributed by atoms with Gasteiger partial charge in [-0.3, -0.25) is 9.36 Å². The Morgan fingerprint density at radius 3 is 2.20 bits per heavy atom. The van der Waals surface area contributed by atoms with Crippen LogP contribution in [0.3, 0.4) is 0 Å². The number of anilines is 2. The van der Waals surface area contributed by atoms with Gasteiger partial charge in [-0.05, 0) is 47.2 Å². The molecule has 0 aliphatic rings. The Morgan fingerprint density at radius 2 is 1.57 bits per heavy atom. The van der Waals surface area contributed by atoms with E-state index in [4.69, 9.17) is 0 Å². The molecule has 148 valence electrons. The number of nitrogens with zero attached hydrogens (tertiary/aromatic N) is 2. The van der Waals surface area contributed by atoms with E-state index in [1.165, 1.54) is 0 Å². The first-order chi connectivity index (χ1) is 14.6. The number of pyridine rings is 1. The second-order valence-electron chi connectivity index (χ2n) is 7.76. The maximum Gasteiger partial charge on any atom is 0.259 e. The Hall–Kier alpha value is -3.84. The molecule has 4 aromatic rings. The van der Waals surface area contributed by atoms with Crippen molar-refractivity contribution in [1.29, 1.82) is 5.26 Å². The highest BCUT2D eigenvalue weighted by atomic mass is 16.1. The zero-order valence-corrected chi connectivity index (χ0v) is 17.1.